The lowest BCUT2D eigenvalue weighted by molar-refractivity contribution is 0.626. The van der Waals surface area contributed by atoms with Crippen molar-refractivity contribution in [3.8, 4) is 0 Å². The van der Waals surface area contributed by atoms with E-state index in [4.69, 9.17) is 0 Å². The molecule has 23 heavy (non-hydrogen) atoms. The van der Waals surface area contributed by atoms with Crippen molar-refractivity contribution in [3.05, 3.63) is 65.2 Å². The van der Waals surface area contributed by atoms with E-state index in [0.29, 0.717) is 6.54 Å². The lowest BCUT2D eigenvalue weighted by Gasteiger charge is -2.11. The molecule has 0 saturated carbocycles. The number of guanidine groups is 1. The summed E-state index contributed by atoms with van der Waals surface area (Å²) >= 11 is 0. The SMILES string of the molecule is CCNC(=NCc1ncccc1C)NCCc1ccc(F)cc1. The highest BCUT2D eigenvalue weighted by atomic mass is 19.1. The topological polar surface area (TPSA) is 49.3 Å². The molecule has 0 saturated heterocycles. The second-order valence-electron chi connectivity index (χ2n) is 5.27. The molecule has 0 spiro atoms. The van der Waals surface area contributed by atoms with E-state index in [1.165, 1.54) is 12.1 Å². The first-order valence-electron chi connectivity index (χ1n) is 7.86. The van der Waals surface area contributed by atoms with E-state index in [9.17, 15) is 4.39 Å². The van der Waals surface area contributed by atoms with Gasteiger partial charge < -0.3 is 10.6 Å². The summed E-state index contributed by atoms with van der Waals surface area (Å²) in [6.07, 6.45) is 2.60. The van der Waals surface area contributed by atoms with Crippen molar-refractivity contribution in [1.29, 1.82) is 0 Å². The van der Waals surface area contributed by atoms with Crippen LogP contribution in [0, 0.1) is 12.7 Å². The summed E-state index contributed by atoms with van der Waals surface area (Å²) in [5.74, 6) is 0.557. The lowest BCUT2D eigenvalue weighted by Crippen LogP contribution is -2.38. The van der Waals surface area contributed by atoms with Crippen molar-refractivity contribution >= 4 is 5.96 Å². The number of benzene rings is 1. The monoisotopic (exact) mass is 314 g/mol. The molecule has 0 bridgehead atoms. The van der Waals surface area contributed by atoms with Gasteiger partial charge in [-0.15, -0.1) is 0 Å². The number of aryl methyl sites for hydroxylation is 1. The molecule has 2 N–H and O–H groups in total. The van der Waals surface area contributed by atoms with Gasteiger partial charge in [0.25, 0.3) is 0 Å². The quantitative estimate of drug-likeness (QED) is 0.637. The number of aromatic nitrogens is 1. The molecule has 1 aromatic heterocycles. The van der Waals surface area contributed by atoms with Crippen molar-refractivity contribution in [2.45, 2.75) is 26.8 Å². The zero-order valence-electron chi connectivity index (χ0n) is 13.6. The van der Waals surface area contributed by atoms with E-state index in [-0.39, 0.29) is 5.82 Å². The number of pyridine rings is 1. The van der Waals surface area contributed by atoms with Crippen LogP contribution in [0.5, 0.6) is 0 Å². The maximum absolute atomic E-state index is 12.9. The molecular weight excluding hydrogens is 291 g/mol. The Bertz CT molecular complexity index is 638. The van der Waals surface area contributed by atoms with Crippen molar-refractivity contribution in [2.24, 2.45) is 4.99 Å². The molecule has 0 radical (unpaired) electrons. The molecular formula is C18H23FN4. The number of halogens is 1. The Hall–Kier alpha value is -2.43. The minimum Gasteiger partial charge on any atom is -0.357 e. The van der Waals surface area contributed by atoms with Crippen molar-refractivity contribution in [2.75, 3.05) is 13.1 Å². The fourth-order valence-electron chi connectivity index (χ4n) is 2.16. The summed E-state index contributed by atoms with van der Waals surface area (Å²) in [6, 6.07) is 10.5. The molecule has 1 heterocycles. The van der Waals surface area contributed by atoms with E-state index in [1.54, 1.807) is 18.3 Å². The summed E-state index contributed by atoms with van der Waals surface area (Å²) in [4.78, 5) is 8.91. The van der Waals surface area contributed by atoms with Crippen LogP contribution < -0.4 is 10.6 Å². The Morgan fingerprint density at radius 1 is 1.17 bits per heavy atom. The molecule has 2 aromatic rings. The predicted octanol–water partition coefficient (Wildman–Crippen LogP) is 2.83. The molecule has 122 valence electrons. The molecule has 0 atom stereocenters. The van der Waals surface area contributed by atoms with Crippen LogP contribution in [0.15, 0.2) is 47.6 Å². The third-order valence-corrected chi connectivity index (χ3v) is 3.47. The van der Waals surface area contributed by atoms with Gasteiger partial charge >= 0.3 is 0 Å². The van der Waals surface area contributed by atoms with Crippen LogP contribution in [0.25, 0.3) is 0 Å². The van der Waals surface area contributed by atoms with Gasteiger partial charge in [0.05, 0.1) is 12.2 Å². The van der Waals surface area contributed by atoms with Crippen LogP contribution in [-0.4, -0.2) is 24.0 Å². The zero-order chi connectivity index (χ0) is 16.5. The molecule has 2 rings (SSSR count). The fourth-order valence-corrected chi connectivity index (χ4v) is 2.16. The molecule has 1 aromatic carbocycles. The summed E-state index contributed by atoms with van der Waals surface area (Å²) in [7, 11) is 0. The minimum absolute atomic E-state index is 0.206. The number of hydrogen-bond donors (Lipinski definition) is 2. The minimum atomic E-state index is -0.206. The smallest absolute Gasteiger partial charge is 0.191 e. The largest absolute Gasteiger partial charge is 0.357 e. The normalized spacial score (nSPS) is 11.3. The standard InChI is InChI=1S/C18H23FN4/c1-3-20-18(23-13-17-14(2)5-4-11-21-17)22-12-10-15-6-8-16(19)9-7-15/h4-9,11H,3,10,12-13H2,1-2H3,(H2,20,22,23). The third kappa shape index (κ3) is 5.70. The number of hydrogen-bond acceptors (Lipinski definition) is 2. The van der Waals surface area contributed by atoms with E-state index in [1.807, 2.05) is 26.0 Å². The van der Waals surface area contributed by atoms with Gasteiger partial charge in [-0.3, -0.25) is 4.98 Å². The van der Waals surface area contributed by atoms with Gasteiger partial charge in [0, 0.05) is 19.3 Å². The number of nitrogens with one attached hydrogen (secondary N) is 2. The van der Waals surface area contributed by atoms with Gasteiger partial charge in [-0.25, -0.2) is 9.38 Å². The van der Waals surface area contributed by atoms with Crippen LogP contribution in [-0.2, 0) is 13.0 Å². The lowest BCUT2D eigenvalue weighted by atomic mass is 10.1. The number of rotatable bonds is 6. The Labute approximate surface area is 136 Å². The first-order valence-corrected chi connectivity index (χ1v) is 7.86. The van der Waals surface area contributed by atoms with Crippen LogP contribution in [0.2, 0.25) is 0 Å². The van der Waals surface area contributed by atoms with E-state index >= 15 is 0 Å². The predicted molar refractivity (Wildman–Crippen MR) is 91.9 cm³/mol. The average Bonchev–Trinajstić information content (AvgIpc) is 2.56. The Morgan fingerprint density at radius 3 is 2.65 bits per heavy atom. The Balaban J connectivity index is 1.89. The van der Waals surface area contributed by atoms with Crippen LogP contribution >= 0.6 is 0 Å². The molecule has 0 aliphatic rings. The number of aliphatic imine (C=N–C) groups is 1. The Morgan fingerprint density at radius 2 is 1.96 bits per heavy atom. The molecule has 0 amide bonds. The van der Waals surface area contributed by atoms with Gasteiger partial charge in [-0.1, -0.05) is 18.2 Å². The van der Waals surface area contributed by atoms with Gasteiger partial charge in [0.2, 0.25) is 0 Å². The average molecular weight is 314 g/mol. The number of nitrogens with zero attached hydrogens (tertiary/aromatic N) is 2. The van der Waals surface area contributed by atoms with E-state index < -0.39 is 0 Å². The molecule has 5 heteroatoms. The first kappa shape index (κ1) is 16.9. The third-order valence-electron chi connectivity index (χ3n) is 3.47. The maximum atomic E-state index is 12.9. The Kier molecular flexibility index (Phi) is 6.54. The van der Waals surface area contributed by atoms with Crippen LogP contribution in [0.3, 0.4) is 0 Å². The summed E-state index contributed by atoms with van der Waals surface area (Å²) in [5, 5.41) is 6.51. The zero-order valence-corrected chi connectivity index (χ0v) is 13.6. The van der Waals surface area contributed by atoms with Crippen LogP contribution in [0.4, 0.5) is 4.39 Å². The van der Waals surface area contributed by atoms with E-state index in [2.05, 4.69) is 20.6 Å². The fraction of sp³-hybridized carbons (Fsp3) is 0.333. The summed E-state index contributed by atoms with van der Waals surface area (Å²) < 4.78 is 12.9. The van der Waals surface area contributed by atoms with Crippen molar-refractivity contribution in [3.63, 3.8) is 0 Å². The molecule has 0 aliphatic heterocycles. The molecule has 0 aliphatic carbocycles. The van der Waals surface area contributed by atoms with Crippen molar-refractivity contribution in [1.82, 2.24) is 15.6 Å². The summed E-state index contributed by atoms with van der Waals surface area (Å²) in [5.41, 5.74) is 3.21. The molecule has 4 nitrogen and oxygen atoms in total. The highest BCUT2D eigenvalue weighted by Crippen LogP contribution is 2.05. The van der Waals surface area contributed by atoms with Gasteiger partial charge in [0.15, 0.2) is 5.96 Å². The van der Waals surface area contributed by atoms with Crippen LogP contribution in [0.1, 0.15) is 23.7 Å². The van der Waals surface area contributed by atoms with Gasteiger partial charge in [-0.05, 0) is 49.6 Å². The second kappa shape index (κ2) is 8.88. The maximum Gasteiger partial charge on any atom is 0.191 e. The second-order valence-corrected chi connectivity index (χ2v) is 5.27. The first-order chi connectivity index (χ1) is 11.2. The van der Waals surface area contributed by atoms with Crippen molar-refractivity contribution < 1.29 is 4.39 Å². The molecule has 0 unspecified atom stereocenters. The molecule has 0 fully saturated rings. The van der Waals surface area contributed by atoms with E-state index in [0.717, 1.165) is 42.3 Å². The van der Waals surface area contributed by atoms with Gasteiger partial charge in [0.1, 0.15) is 5.82 Å². The summed E-state index contributed by atoms with van der Waals surface area (Å²) in [6.45, 7) is 6.14. The van der Waals surface area contributed by atoms with Gasteiger partial charge in [-0.2, -0.15) is 0 Å². The highest BCUT2D eigenvalue weighted by molar-refractivity contribution is 5.79. The highest BCUT2D eigenvalue weighted by Gasteiger charge is 2.01.